The van der Waals surface area contributed by atoms with Crippen LogP contribution in [0.1, 0.15) is 0 Å². The van der Waals surface area contributed by atoms with E-state index in [0.717, 1.165) is 0 Å². The van der Waals surface area contributed by atoms with Gasteiger partial charge in [-0.15, -0.1) is 12.4 Å². The Morgan fingerprint density at radius 2 is 2.32 bits per heavy atom. The molecule has 2 N–H and O–H groups in total. The van der Waals surface area contributed by atoms with Gasteiger partial charge in [-0.1, -0.05) is 0 Å². The Kier molecular flexibility index (Phi) is 8.11. The van der Waals surface area contributed by atoms with Crippen molar-refractivity contribution in [3.63, 3.8) is 0 Å². The van der Waals surface area contributed by atoms with Crippen molar-refractivity contribution in [2.24, 2.45) is 0 Å². The number of ether oxygens (including phenoxy) is 3. The van der Waals surface area contributed by atoms with Gasteiger partial charge in [0.05, 0.1) is 19.8 Å². The van der Waals surface area contributed by atoms with E-state index < -0.39 is 11.9 Å². The smallest absolute Gasteiger partial charge is 0.243 e. The second kappa shape index (κ2) is 9.58. The lowest BCUT2D eigenvalue weighted by Crippen LogP contribution is -2.48. The van der Waals surface area contributed by atoms with Gasteiger partial charge in [-0.05, 0) is 12.1 Å². The molecule has 1 fully saturated rings. The summed E-state index contributed by atoms with van der Waals surface area (Å²) in [6, 6.07) is 3.88. The van der Waals surface area contributed by atoms with Gasteiger partial charge >= 0.3 is 0 Å². The maximum Gasteiger partial charge on any atom is 0.243 e. The van der Waals surface area contributed by atoms with Crippen LogP contribution in [-0.4, -0.2) is 52.0 Å². The fourth-order valence-electron chi connectivity index (χ4n) is 1.89. The second-order valence-electron chi connectivity index (χ2n) is 4.56. The Morgan fingerprint density at radius 1 is 1.50 bits per heavy atom. The highest BCUT2D eigenvalue weighted by Crippen LogP contribution is 2.21. The lowest BCUT2D eigenvalue weighted by Gasteiger charge is -2.22. The van der Waals surface area contributed by atoms with Crippen LogP contribution in [0.15, 0.2) is 18.2 Å². The number of hydrogen-bond acceptors (Lipinski definition) is 5. The molecule has 1 unspecified atom stereocenters. The highest BCUT2D eigenvalue weighted by molar-refractivity contribution is 5.95. The number of hydrogen-bond donors (Lipinski definition) is 2. The quantitative estimate of drug-likeness (QED) is 0.765. The molecule has 1 aliphatic heterocycles. The average molecular weight is 335 g/mol. The number of rotatable bonds is 6. The zero-order valence-electron chi connectivity index (χ0n) is 12.3. The van der Waals surface area contributed by atoms with Crippen molar-refractivity contribution in [1.82, 2.24) is 5.32 Å². The molecular formula is C14H20ClFN2O4. The average Bonchev–Trinajstić information content (AvgIpc) is 2.50. The number of carbonyl (C=O) groups is 1. The van der Waals surface area contributed by atoms with Crippen LogP contribution in [0.4, 0.5) is 10.1 Å². The Balaban J connectivity index is 0.00000242. The van der Waals surface area contributed by atoms with Crippen molar-refractivity contribution in [2.75, 3.05) is 45.4 Å². The summed E-state index contributed by atoms with van der Waals surface area (Å²) in [4.78, 5) is 12.0. The van der Waals surface area contributed by atoms with Crippen molar-refractivity contribution < 1.29 is 23.4 Å². The maximum absolute atomic E-state index is 13.8. The maximum atomic E-state index is 13.8. The Hall–Kier alpha value is -1.41. The molecule has 1 aromatic carbocycles. The topological polar surface area (TPSA) is 68.8 Å². The highest BCUT2D eigenvalue weighted by atomic mass is 35.5. The third kappa shape index (κ3) is 5.42. The first-order valence-corrected chi connectivity index (χ1v) is 6.74. The zero-order chi connectivity index (χ0) is 15.1. The third-order valence-corrected chi connectivity index (χ3v) is 2.98. The summed E-state index contributed by atoms with van der Waals surface area (Å²) in [6.45, 7) is 2.17. The first kappa shape index (κ1) is 18.6. The summed E-state index contributed by atoms with van der Waals surface area (Å²) in [5, 5.41) is 5.68. The molecule has 2 rings (SSSR count). The van der Waals surface area contributed by atoms with Gasteiger partial charge in [-0.25, -0.2) is 4.39 Å². The molecular weight excluding hydrogens is 315 g/mol. The number of halogens is 2. The Morgan fingerprint density at radius 3 is 2.95 bits per heavy atom. The molecule has 22 heavy (non-hydrogen) atoms. The molecule has 124 valence electrons. The molecule has 1 aromatic rings. The minimum Gasteiger partial charge on any atom is -0.488 e. The van der Waals surface area contributed by atoms with E-state index in [2.05, 4.69) is 10.6 Å². The number of amides is 1. The van der Waals surface area contributed by atoms with Crippen LogP contribution in [0.3, 0.4) is 0 Å². The van der Waals surface area contributed by atoms with Crippen LogP contribution in [0, 0.1) is 5.82 Å². The molecule has 0 aromatic heterocycles. The third-order valence-electron chi connectivity index (χ3n) is 2.98. The molecule has 1 atom stereocenters. The van der Waals surface area contributed by atoms with Crippen LogP contribution in [0.25, 0.3) is 0 Å². The van der Waals surface area contributed by atoms with Crippen LogP contribution in [-0.2, 0) is 14.3 Å². The number of methoxy groups -OCH3 is 1. The van der Waals surface area contributed by atoms with Crippen LogP contribution in [0.2, 0.25) is 0 Å². The zero-order valence-corrected chi connectivity index (χ0v) is 13.1. The van der Waals surface area contributed by atoms with E-state index in [0.29, 0.717) is 32.1 Å². The van der Waals surface area contributed by atoms with Gasteiger partial charge in [0.2, 0.25) is 5.91 Å². The largest absolute Gasteiger partial charge is 0.488 e. The molecule has 0 bridgehead atoms. The minimum absolute atomic E-state index is 0. The molecule has 0 aliphatic carbocycles. The van der Waals surface area contributed by atoms with E-state index in [4.69, 9.17) is 14.2 Å². The summed E-state index contributed by atoms with van der Waals surface area (Å²) >= 11 is 0. The summed E-state index contributed by atoms with van der Waals surface area (Å²) < 4.78 is 29.1. The molecule has 0 saturated carbocycles. The van der Waals surface area contributed by atoms with E-state index in [1.807, 2.05) is 0 Å². The van der Waals surface area contributed by atoms with Crippen molar-refractivity contribution >= 4 is 24.0 Å². The van der Waals surface area contributed by atoms with Gasteiger partial charge in [-0.2, -0.15) is 0 Å². The van der Waals surface area contributed by atoms with Crippen LogP contribution >= 0.6 is 12.4 Å². The van der Waals surface area contributed by atoms with E-state index in [-0.39, 0.29) is 30.7 Å². The summed E-state index contributed by atoms with van der Waals surface area (Å²) in [6.07, 6.45) is 0. The van der Waals surface area contributed by atoms with E-state index in [1.54, 1.807) is 13.2 Å². The summed E-state index contributed by atoms with van der Waals surface area (Å²) in [5.41, 5.74) is 0.379. The molecule has 1 aliphatic rings. The van der Waals surface area contributed by atoms with E-state index in [9.17, 15) is 9.18 Å². The van der Waals surface area contributed by atoms with E-state index in [1.165, 1.54) is 12.1 Å². The molecule has 6 nitrogen and oxygen atoms in total. The summed E-state index contributed by atoms with van der Waals surface area (Å²) in [5.74, 6) is -0.650. The van der Waals surface area contributed by atoms with Crippen molar-refractivity contribution in [3.05, 3.63) is 24.0 Å². The van der Waals surface area contributed by atoms with Crippen molar-refractivity contribution in [2.45, 2.75) is 6.04 Å². The van der Waals surface area contributed by atoms with Crippen LogP contribution < -0.4 is 15.4 Å². The van der Waals surface area contributed by atoms with Gasteiger partial charge in [0, 0.05) is 25.4 Å². The van der Waals surface area contributed by atoms with Gasteiger partial charge in [0.1, 0.15) is 12.6 Å². The summed E-state index contributed by atoms with van der Waals surface area (Å²) in [7, 11) is 1.54. The van der Waals surface area contributed by atoms with Gasteiger partial charge in [-0.3, -0.25) is 4.79 Å². The molecule has 8 heteroatoms. The fourth-order valence-corrected chi connectivity index (χ4v) is 1.89. The highest BCUT2D eigenvalue weighted by Gasteiger charge is 2.21. The van der Waals surface area contributed by atoms with Crippen LogP contribution in [0.5, 0.6) is 5.75 Å². The van der Waals surface area contributed by atoms with E-state index >= 15 is 0 Å². The molecule has 1 amide bonds. The SMILES string of the molecule is COCCOc1ccc(NC(=O)C2COCCN2)cc1F.Cl. The minimum atomic E-state index is -0.531. The first-order chi connectivity index (χ1) is 10.2. The predicted octanol–water partition coefficient (Wildman–Crippen LogP) is 1.20. The van der Waals surface area contributed by atoms with Gasteiger partial charge in [0.15, 0.2) is 11.6 Å². The molecule has 1 heterocycles. The Labute approximate surface area is 134 Å². The number of carbonyl (C=O) groups excluding carboxylic acids is 1. The van der Waals surface area contributed by atoms with Crippen molar-refractivity contribution in [1.29, 1.82) is 0 Å². The number of morpholine rings is 1. The first-order valence-electron chi connectivity index (χ1n) is 6.74. The van der Waals surface area contributed by atoms with Gasteiger partial charge < -0.3 is 24.8 Å². The Bertz CT molecular complexity index is 484. The normalized spacial score (nSPS) is 17.5. The monoisotopic (exact) mass is 334 g/mol. The fraction of sp³-hybridized carbons (Fsp3) is 0.500. The lowest BCUT2D eigenvalue weighted by atomic mass is 10.2. The molecule has 0 radical (unpaired) electrons. The number of benzene rings is 1. The number of anilines is 1. The number of nitrogens with one attached hydrogen (secondary N) is 2. The predicted molar refractivity (Wildman–Crippen MR) is 82.3 cm³/mol. The second-order valence-corrected chi connectivity index (χ2v) is 4.56. The molecule has 0 spiro atoms. The lowest BCUT2D eigenvalue weighted by molar-refractivity contribution is -0.120. The van der Waals surface area contributed by atoms with Gasteiger partial charge in [0.25, 0.3) is 0 Å². The standard InChI is InChI=1S/C14H19FN2O4.ClH/c1-19-6-7-21-13-3-2-10(8-11(13)15)17-14(18)12-9-20-5-4-16-12;/h2-3,8,12,16H,4-7,9H2,1H3,(H,17,18);1H. The molecule has 1 saturated heterocycles. The van der Waals surface area contributed by atoms with Crippen molar-refractivity contribution in [3.8, 4) is 5.75 Å².